The molecule has 0 fully saturated rings. The molecular formula is C18H22NO4+. The summed E-state index contributed by atoms with van der Waals surface area (Å²) in [5, 5.41) is 12.3. The van der Waals surface area contributed by atoms with Gasteiger partial charge in [0.25, 0.3) is 0 Å². The van der Waals surface area contributed by atoms with Crippen molar-refractivity contribution in [3.63, 3.8) is 0 Å². The van der Waals surface area contributed by atoms with Crippen molar-refractivity contribution in [2.75, 3.05) is 27.9 Å². The van der Waals surface area contributed by atoms with Gasteiger partial charge in [-0.05, 0) is 35.9 Å². The quantitative estimate of drug-likeness (QED) is 0.900. The van der Waals surface area contributed by atoms with Crippen LogP contribution in [0.15, 0.2) is 30.3 Å². The average Bonchev–Trinajstić information content (AvgIpc) is 2.59. The summed E-state index contributed by atoms with van der Waals surface area (Å²) in [6, 6.07) is 9.77. The van der Waals surface area contributed by atoms with E-state index in [9.17, 15) is 5.11 Å². The Labute approximate surface area is 135 Å². The maximum atomic E-state index is 10.1. The van der Waals surface area contributed by atoms with Gasteiger partial charge in [0.05, 0.1) is 27.9 Å². The summed E-state index contributed by atoms with van der Waals surface area (Å²) >= 11 is 0. The third kappa shape index (κ3) is 2.80. The number of nitrogens with two attached hydrogens (primary N) is 1. The molecule has 122 valence electrons. The Kier molecular flexibility index (Phi) is 4.30. The molecule has 5 nitrogen and oxygen atoms in total. The minimum Gasteiger partial charge on any atom is -0.504 e. The van der Waals surface area contributed by atoms with E-state index in [-0.39, 0.29) is 11.8 Å². The lowest BCUT2D eigenvalue weighted by Crippen LogP contribution is -2.87. The monoisotopic (exact) mass is 316 g/mol. The van der Waals surface area contributed by atoms with Crippen LogP contribution in [0.1, 0.15) is 22.7 Å². The molecule has 0 spiro atoms. The van der Waals surface area contributed by atoms with Gasteiger partial charge in [0.2, 0.25) is 0 Å². The molecule has 1 heterocycles. The van der Waals surface area contributed by atoms with Gasteiger partial charge in [0.1, 0.15) is 6.04 Å². The van der Waals surface area contributed by atoms with Gasteiger partial charge in [-0.1, -0.05) is 0 Å². The number of hydrogen-bond donors (Lipinski definition) is 2. The van der Waals surface area contributed by atoms with E-state index in [2.05, 4.69) is 11.4 Å². The number of methoxy groups -OCH3 is 3. The molecule has 0 saturated carbocycles. The zero-order chi connectivity index (χ0) is 16.4. The highest BCUT2D eigenvalue weighted by molar-refractivity contribution is 5.52. The van der Waals surface area contributed by atoms with Crippen LogP contribution in [-0.4, -0.2) is 33.0 Å². The predicted molar refractivity (Wildman–Crippen MR) is 86.5 cm³/mol. The van der Waals surface area contributed by atoms with Crippen molar-refractivity contribution < 1.29 is 24.6 Å². The van der Waals surface area contributed by atoms with Crippen LogP contribution in [0.2, 0.25) is 0 Å². The van der Waals surface area contributed by atoms with Crippen LogP contribution in [0.3, 0.4) is 0 Å². The van der Waals surface area contributed by atoms with Gasteiger partial charge in [-0.25, -0.2) is 0 Å². The summed E-state index contributed by atoms with van der Waals surface area (Å²) in [5.74, 6) is 2.12. The molecule has 0 unspecified atom stereocenters. The topological polar surface area (TPSA) is 64.5 Å². The van der Waals surface area contributed by atoms with Crippen LogP contribution in [-0.2, 0) is 6.42 Å². The van der Waals surface area contributed by atoms with Gasteiger partial charge in [0.15, 0.2) is 23.0 Å². The molecule has 5 heteroatoms. The summed E-state index contributed by atoms with van der Waals surface area (Å²) < 4.78 is 16.0. The number of rotatable bonds is 4. The Morgan fingerprint density at radius 1 is 0.957 bits per heavy atom. The molecule has 0 aliphatic carbocycles. The molecule has 23 heavy (non-hydrogen) atoms. The minimum absolute atomic E-state index is 0.121. The van der Waals surface area contributed by atoms with Gasteiger partial charge in [-0.15, -0.1) is 0 Å². The summed E-state index contributed by atoms with van der Waals surface area (Å²) in [5.41, 5.74) is 3.49. The normalized spacial score (nSPS) is 16.6. The van der Waals surface area contributed by atoms with Crippen LogP contribution in [0, 0.1) is 0 Å². The lowest BCUT2D eigenvalue weighted by molar-refractivity contribution is -0.690. The second-order valence-electron chi connectivity index (χ2n) is 5.59. The molecule has 0 aromatic heterocycles. The molecular weight excluding hydrogens is 294 g/mol. The fourth-order valence-corrected chi connectivity index (χ4v) is 3.19. The second kappa shape index (κ2) is 6.38. The standard InChI is InChI=1S/C18H21NO4/c1-21-15-5-4-12(8-14(15)20)18-13-10-17(23-3)16(22-2)9-11(13)6-7-19-18/h4-5,8-10,18-20H,6-7H2,1-3H3/p+1/t18-/m1/s1. The van der Waals surface area contributed by atoms with Crippen molar-refractivity contribution in [1.29, 1.82) is 0 Å². The number of fused-ring (bicyclic) bond motifs is 1. The van der Waals surface area contributed by atoms with Crippen molar-refractivity contribution in [3.8, 4) is 23.0 Å². The number of phenols is 1. The highest BCUT2D eigenvalue weighted by Gasteiger charge is 2.27. The van der Waals surface area contributed by atoms with E-state index in [0.717, 1.165) is 30.0 Å². The van der Waals surface area contributed by atoms with Gasteiger partial charge in [-0.2, -0.15) is 0 Å². The SMILES string of the molecule is COc1ccc([C@H]2[NH2+]CCc3cc(OC)c(OC)cc32)cc1O. The number of phenolic OH excluding ortho intramolecular Hbond substituents is 1. The van der Waals surface area contributed by atoms with E-state index in [4.69, 9.17) is 14.2 Å². The van der Waals surface area contributed by atoms with E-state index in [1.54, 1.807) is 33.5 Å². The number of aromatic hydroxyl groups is 1. The van der Waals surface area contributed by atoms with Crippen molar-refractivity contribution in [2.24, 2.45) is 0 Å². The Bertz CT molecular complexity index is 714. The molecule has 2 aromatic rings. The predicted octanol–water partition coefficient (Wildman–Crippen LogP) is 1.63. The summed E-state index contributed by atoms with van der Waals surface area (Å²) in [4.78, 5) is 0. The van der Waals surface area contributed by atoms with Gasteiger partial charge >= 0.3 is 0 Å². The third-order valence-corrected chi connectivity index (χ3v) is 4.36. The van der Waals surface area contributed by atoms with E-state index in [0.29, 0.717) is 5.75 Å². The molecule has 3 rings (SSSR count). The Balaban J connectivity index is 2.05. The Hall–Kier alpha value is -2.40. The van der Waals surface area contributed by atoms with E-state index < -0.39 is 0 Å². The smallest absolute Gasteiger partial charge is 0.161 e. The van der Waals surface area contributed by atoms with Crippen molar-refractivity contribution in [1.82, 2.24) is 0 Å². The Morgan fingerprint density at radius 2 is 1.65 bits per heavy atom. The zero-order valence-electron chi connectivity index (χ0n) is 13.6. The van der Waals surface area contributed by atoms with Crippen LogP contribution in [0.5, 0.6) is 23.0 Å². The summed E-state index contributed by atoms with van der Waals surface area (Å²) in [6.07, 6.45) is 0.980. The molecule has 0 saturated heterocycles. The van der Waals surface area contributed by atoms with Crippen LogP contribution >= 0.6 is 0 Å². The van der Waals surface area contributed by atoms with E-state index in [1.807, 2.05) is 12.1 Å². The highest BCUT2D eigenvalue weighted by Crippen LogP contribution is 2.37. The number of hydrogen-bond acceptors (Lipinski definition) is 4. The minimum atomic E-state index is 0.121. The average molecular weight is 316 g/mol. The van der Waals surface area contributed by atoms with Gasteiger partial charge in [-0.3, -0.25) is 0 Å². The zero-order valence-corrected chi connectivity index (χ0v) is 13.6. The number of benzene rings is 2. The first kappa shape index (κ1) is 15.5. The van der Waals surface area contributed by atoms with Crippen molar-refractivity contribution in [2.45, 2.75) is 12.5 Å². The fourth-order valence-electron chi connectivity index (χ4n) is 3.19. The molecule has 0 amide bonds. The molecule has 1 atom stereocenters. The lowest BCUT2D eigenvalue weighted by atomic mass is 9.89. The molecule has 0 bridgehead atoms. The molecule has 0 radical (unpaired) electrons. The molecule has 3 N–H and O–H groups in total. The maximum Gasteiger partial charge on any atom is 0.161 e. The first-order chi connectivity index (χ1) is 11.2. The number of quaternary nitrogens is 1. The third-order valence-electron chi connectivity index (χ3n) is 4.36. The van der Waals surface area contributed by atoms with Crippen LogP contribution in [0.4, 0.5) is 0 Å². The first-order valence-corrected chi connectivity index (χ1v) is 7.63. The summed E-state index contributed by atoms with van der Waals surface area (Å²) in [7, 11) is 4.84. The van der Waals surface area contributed by atoms with E-state index >= 15 is 0 Å². The first-order valence-electron chi connectivity index (χ1n) is 7.63. The molecule has 1 aliphatic heterocycles. The van der Waals surface area contributed by atoms with E-state index in [1.165, 1.54) is 11.1 Å². The Morgan fingerprint density at radius 3 is 2.30 bits per heavy atom. The largest absolute Gasteiger partial charge is 0.504 e. The number of ether oxygens (including phenoxy) is 3. The molecule has 1 aliphatic rings. The van der Waals surface area contributed by atoms with Crippen molar-refractivity contribution >= 4 is 0 Å². The second-order valence-corrected chi connectivity index (χ2v) is 5.59. The fraction of sp³-hybridized carbons (Fsp3) is 0.333. The molecule has 2 aromatic carbocycles. The summed E-state index contributed by atoms with van der Waals surface area (Å²) in [6.45, 7) is 0.986. The van der Waals surface area contributed by atoms with Crippen molar-refractivity contribution in [3.05, 3.63) is 47.0 Å². The van der Waals surface area contributed by atoms with Crippen LogP contribution in [0.25, 0.3) is 0 Å². The van der Waals surface area contributed by atoms with Gasteiger partial charge in [0, 0.05) is 17.5 Å². The van der Waals surface area contributed by atoms with Gasteiger partial charge < -0.3 is 24.6 Å². The lowest BCUT2D eigenvalue weighted by Gasteiger charge is -2.26. The maximum absolute atomic E-state index is 10.1. The highest BCUT2D eigenvalue weighted by atomic mass is 16.5. The van der Waals surface area contributed by atoms with Crippen LogP contribution < -0.4 is 19.5 Å².